The summed E-state index contributed by atoms with van der Waals surface area (Å²) < 4.78 is 40.3. The summed E-state index contributed by atoms with van der Waals surface area (Å²) in [7, 11) is 0. The Morgan fingerprint density at radius 2 is 1.87 bits per heavy atom. The van der Waals surface area contributed by atoms with Crippen molar-refractivity contribution >= 4 is 5.97 Å². The van der Waals surface area contributed by atoms with E-state index in [1.807, 2.05) is 0 Å². The van der Waals surface area contributed by atoms with Crippen molar-refractivity contribution in [2.75, 3.05) is 0 Å². The van der Waals surface area contributed by atoms with Crippen LogP contribution in [0, 0.1) is 17.8 Å². The van der Waals surface area contributed by atoms with Crippen LogP contribution < -0.4 is 0 Å². The van der Waals surface area contributed by atoms with Crippen LogP contribution in [0.3, 0.4) is 0 Å². The molecule has 0 aliphatic heterocycles. The van der Waals surface area contributed by atoms with Gasteiger partial charge in [-0.15, -0.1) is 0 Å². The molecule has 2 aliphatic rings. The lowest BCUT2D eigenvalue weighted by atomic mass is 9.89. The fraction of sp³-hybridized carbons (Fsp3) is 0.900. The van der Waals surface area contributed by atoms with Gasteiger partial charge in [0, 0.05) is 0 Å². The fourth-order valence-electron chi connectivity index (χ4n) is 2.86. The first-order valence-corrected chi connectivity index (χ1v) is 5.15. The Morgan fingerprint density at radius 3 is 2.27 bits per heavy atom. The van der Waals surface area contributed by atoms with Gasteiger partial charge in [0.05, 0.1) is 0 Å². The van der Waals surface area contributed by atoms with Gasteiger partial charge in [0.25, 0.3) is 0 Å². The van der Waals surface area contributed by atoms with Gasteiger partial charge in [-0.2, -0.15) is 13.2 Å². The molecular weight excluding hydrogens is 209 g/mol. The highest BCUT2D eigenvalue weighted by Crippen LogP contribution is 2.49. The quantitative estimate of drug-likeness (QED) is 0.637. The van der Waals surface area contributed by atoms with Gasteiger partial charge in [-0.25, -0.2) is 4.79 Å². The number of esters is 1. The molecule has 0 amide bonds. The molecule has 2 nitrogen and oxygen atoms in total. The zero-order valence-electron chi connectivity index (χ0n) is 8.38. The van der Waals surface area contributed by atoms with Crippen molar-refractivity contribution in [1.82, 2.24) is 0 Å². The number of rotatable bonds is 1. The molecule has 15 heavy (non-hydrogen) atoms. The zero-order valence-corrected chi connectivity index (χ0v) is 8.38. The van der Waals surface area contributed by atoms with Crippen molar-refractivity contribution in [2.24, 2.45) is 17.8 Å². The first kappa shape index (κ1) is 10.8. The van der Waals surface area contributed by atoms with Gasteiger partial charge >= 0.3 is 12.1 Å². The van der Waals surface area contributed by atoms with Crippen molar-refractivity contribution in [3.8, 4) is 0 Å². The second-order valence-electron chi connectivity index (χ2n) is 4.65. The Labute approximate surface area is 85.8 Å². The summed E-state index contributed by atoms with van der Waals surface area (Å²) >= 11 is 0. The van der Waals surface area contributed by atoms with Crippen molar-refractivity contribution in [3.05, 3.63) is 0 Å². The minimum absolute atomic E-state index is 0.149. The number of carbonyl (C=O) groups excluding carboxylic acids is 1. The van der Waals surface area contributed by atoms with Crippen molar-refractivity contribution in [3.63, 3.8) is 0 Å². The van der Waals surface area contributed by atoms with E-state index in [0.29, 0.717) is 18.3 Å². The molecule has 2 rings (SSSR count). The van der Waals surface area contributed by atoms with E-state index in [2.05, 4.69) is 11.7 Å². The van der Waals surface area contributed by atoms with Gasteiger partial charge in [0.2, 0.25) is 0 Å². The number of hydrogen-bond acceptors (Lipinski definition) is 2. The number of ether oxygens (including phenoxy) is 1. The van der Waals surface area contributed by atoms with E-state index in [9.17, 15) is 18.0 Å². The van der Waals surface area contributed by atoms with Crippen LogP contribution in [0.1, 0.15) is 26.2 Å². The molecular formula is C10H13F3O2. The van der Waals surface area contributed by atoms with Gasteiger partial charge in [-0.3, -0.25) is 0 Å². The lowest BCUT2D eigenvalue weighted by molar-refractivity contribution is -0.207. The number of halogens is 3. The van der Waals surface area contributed by atoms with Gasteiger partial charge in [0.15, 0.2) is 0 Å². The molecule has 0 N–H and O–H groups in total. The predicted octanol–water partition coefficient (Wildman–Crippen LogP) is 2.53. The molecule has 0 aromatic heterocycles. The Kier molecular flexibility index (Phi) is 2.43. The molecule has 2 bridgehead atoms. The number of fused-ring (bicyclic) bond motifs is 2. The van der Waals surface area contributed by atoms with Crippen LogP contribution >= 0.6 is 0 Å². The van der Waals surface area contributed by atoms with Crippen molar-refractivity contribution < 1.29 is 22.7 Å². The van der Waals surface area contributed by atoms with Gasteiger partial charge < -0.3 is 4.74 Å². The Balaban J connectivity index is 1.91. The summed E-state index contributed by atoms with van der Waals surface area (Å²) in [6, 6.07) is 0. The van der Waals surface area contributed by atoms with Crippen LogP contribution in [0.5, 0.6) is 0 Å². The highest BCUT2D eigenvalue weighted by molar-refractivity contribution is 5.75. The van der Waals surface area contributed by atoms with E-state index >= 15 is 0 Å². The molecule has 2 aliphatic carbocycles. The molecule has 4 unspecified atom stereocenters. The molecule has 0 aromatic rings. The maximum atomic E-state index is 11.9. The van der Waals surface area contributed by atoms with Crippen LogP contribution in [0.25, 0.3) is 0 Å². The summed E-state index contributed by atoms with van der Waals surface area (Å²) in [4.78, 5) is 10.6. The predicted molar refractivity (Wildman–Crippen MR) is 45.9 cm³/mol. The maximum absolute atomic E-state index is 11.9. The summed E-state index contributed by atoms with van der Waals surface area (Å²) in [5.41, 5.74) is 0. The SMILES string of the molecule is CC1CC2CC1CC2OC(=O)C(F)(F)F. The fourth-order valence-corrected chi connectivity index (χ4v) is 2.86. The normalized spacial score (nSPS) is 39.5. The van der Waals surface area contributed by atoms with E-state index in [4.69, 9.17) is 0 Å². The van der Waals surface area contributed by atoms with E-state index in [1.165, 1.54) is 0 Å². The van der Waals surface area contributed by atoms with Crippen LogP contribution in [-0.2, 0) is 9.53 Å². The summed E-state index contributed by atoms with van der Waals surface area (Å²) in [5, 5.41) is 0. The highest BCUT2D eigenvalue weighted by Gasteiger charge is 2.49. The minimum Gasteiger partial charge on any atom is -0.455 e. The summed E-state index contributed by atoms with van der Waals surface area (Å²) in [5.74, 6) is -0.874. The topological polar surface area (TPSA) is 26.3 Å². The largest absolute Gasteiger partial charge is 0.490 e. The van der Waals surface area contributed by atoms with Gasteiger partial charge in [0.1, 0.15) is 6.10 Å². The number of hydrogen-bond donors (Lipinski definition) is 0. The summed E-state index contributed by atoms with van der Waals surface area (Å²) in [6.07, 6.45) is -2.95. The first-order chi connectivity index (χ1) is 6.88. The lowest BCUT2D eigenvalue weighted by Gasteiger charge is -2.25. The lowest BCUT2D eigenvalue weighted by Crippen LogP contribution is -2.33. The molecule has 0 spiro atoms. The Morgan fingerprint density at radius 1 is 1.20 bits per heavy atom. The molecule has 4 atom stereocenters. The molecule has 0 radical (unpaired) electrons. The second-order valence-corrected chi connectivity index (χ2v) is 4.65. The highest BCUT2D eigenvalue weighted by atomic mass is 19.4. The molecule has 0 aromatic carbocycles. The third-order valence-electron chi connectivity index (χ3n) is 3.64. The summed E-state index contributed by atoms with van der Waals surface area (Å²) in [6.45, 7) is 2.10. The van der Waals surface area contributed by atoms with E-state index in [-0.39, 0.29) is 5.92 Å². The number of alkyl halides is 3. The maximum Gasteiger partial charge on any atom is 0.490 e. The second kappa shape index (κ2) is 3.39. The molecule has 5 heteroatoms. The molecule has 0 heterocycles. The standard InChI is InChI=1S/C10H13F3O2/c1-5-2-7-3-6(5)4-8(7)15-9(14)10(11,12)13/h5-8H,2-4H2,1H3. The third-order valence-corrected chi connectivity index (χ3v) is 3.64. The van der Waals surface area contributed by atoms with Crippen LogP contribution in [0.15, 0.2) is 0 Å². The number of carbonyl (C=O) groups is 1. The molecule has 2 saturated carbocycles. The van der Waals surface area contributed by atoms with E-state index < -0.39 is 18.2 Å². The minimum atomic E-state index is -4.85. The first-order valence-electron chi connectivity index (χ1n) is 5.15. The third kappa shape index (κ3) is 1.96. The van der Waals surface area contributed by atoms with E-state index in [1.54, 1.807) is 0 Å². The Bertz CT molecular complexity index is 272. The molecule has 86 valence electrons. The van der Waals surface area contributed by atoms with E-state index in [0.717, 1.165) is 12.8 Å². The zero-order chi connectivity index (χ0) is 11.2. The van der Waals surface area contributed by atoms with Gasteiger partial charge in [-0.1, -0.05) is 6.92 Å². The van der Waals surface area contributed by atoms with Crippen molar-refractivity contribution in [2.45, 2.75) is 38.5 Å². The van der Waals surface area contributed by atoms with Crippen LogP contribution in [0.2, 0.25) is 0 Å². The van der Waals surface area contributed by atoms with Crippen molar-refractivity contribution in [1.29, 1.82) is 0 Å². The molecule has 2 fully saturated rings. The average Bonchev–Trinajstić information content (AvgIpc) is 2.61. The Hall–Kier alpha value is -0.740. The van der Waals surface area contributed by atoms with Crippen LogP contribution in [-0.4, -0.2) is 18.2 Å². The smallest absolute Gasteiger partial charge is 0.455 e. The monoisotopic (exact) mass is 222 g/mol. The van der Waals surface area contributed by atoms with Crippen LogP contribution in [0.4, 0.5) is 13.2 Å². The molecule has 0 saturated heterocycles. The van der Waals surface area contributed by atoms with Gasteiger partial charge in [-0.05, 0) is 37.0 Å². The average molecular weight is 222 g/mol.